The number of sulfonamides is 1. The van der Waals surface area contributed by atoms with Gasteiger partial charge in [0.15, 0.2) is 0 Å². The zero-order valence-electron chi connectivity index (χ0n) is 16.2. The summed E-state index contributed by atoms with van der Waals surface area (Å²) >= 11 is 0. The largest absolute Gasteiger partial charge is 0.497 e. The van der Waals surface area contributed by atoms with Crippen molar-refractivity contribution >= 4 is 10.0 Å². The van der Waals surface area contributed by atoms with Gasteiger partial charge < -0.3 is 14.6 Å². The number of hydrogen-bond acceptors (Lipinski definition) is 6. The highest BCUT2D eigenvalue weighted by molar-refractivity contribution is 7.89. The number of methoxy groups -OCH3 is 1. The highest BCUT2D eigenvalue weighted by Gasteiger charge is 2.29. The molecule has 7 nitrogen and oxygen atoms in total. The highest BCUT2D eigenvalue weighted by Crippen LogP contribution is 2.20. The van der Waals surface area contributed by atoms with Crippen LogP contribution in [0.1, 0.15) is 0 Å². The molecule has 0 aliphatic carbocycles. The fraction of sp³-hybridized carbons (Fsp3) is 0.400. The minimum atomic E-state index is -3.56. The van der Waals surface area contributed by atoms with E-state index in [0.717, 1.165) is 0 Å². The van der Waals surface area contributed by atoms with E-state index >= 15 is 0 Å². The van der Waals surface area contributed by atoms with Crippen molar-refractivity contribution in [2.45, 2.75) is 11.0 Å². The van der Waals surface area contributed by atoms with Crippen LogP contribution in [0.15, 0.2) is 53.4 Å². The first kappa shape index (κ1) is 21.5. The molecule has 0 saturated carbocycles. The van der Waals surface area contributed by atoms with Gasteiger partial charge in [-0.15, -0.1) is 0 Å². The summed E-state index contributed by atoms with van der Waals surface area (Å²) in [6, 6.07) is 11.9. The van der Waals surface area contributed by atoms with E-state index in [2.05, 4.69) is 0 Å². The third-order valence-corrected chi connectivity index (χ3v) is 6.67. The fourth-order valence-electron chi connectivity index (χ4n) is 3.12. The van der Waals surface area contributed by atoms with Crippen LogP contribution >= 0.6 is 0 Å². The Morgan fingerprint density at radius 3 is 2.17 bits per heavy atom. The van der Waals surface area contributed by atoms with Gasteiger partial charge in [-0.05, 0) is 48.5 Å². The van der Waals surface area contributed by atoms with Gasteiger partial charge in [-0.1, -0.05) is 0 Å². The smallest absolute Gasteiger partial charge is 0.243 e. The Bertz CT molecular complexity index is 882. The third kappa shape index (κ3) is 5.66. The summed E-state index contributed by atoms with van der Waals surface area (Å²) in [5, 5.41) is 10.2. The van der Waals surface area contributed by atoms with E-state index in [1.807, 2.05) is 4.90 Å². The van der Waals surface area contributed by atoms with Crippen LogP contribution in [0.5, 0.6) is 11.5 Å². The molecule has 1 aliphatic rings. The number of ether oxygens (including phenoxy) is 2. The van der Waals surface area contributed by atoms with Crippen molar-refractivity contribution in [3.63, 3.8) is 0 Å². The van der Waals surface area contributed by atoms with Crippen molar-refractivity contribution in [2.75, 3.05) is 46.4 Å². The highest BCUT2D eigenvalue weighted by atomic mass is 32.2. The first-order chi connectivity index (χ1) is 13.9. The molecule has 1 saturated heterocycles. The summed E-state index contributed by atoms with van der Waals surface area (Å²) in [6.07, 6.45) is -0.732. The van der Waals surface area contributed by atoms with E-state index in [9.17, 15) is 17.9 Å². The average Bonchev–Trinajstić information content (AvgIpc) is 2.74. The molecule has 1 atom stereocenters. The van der Waals surface area contributed by atoms with Gasteiger partial charge in [-0.25, -0.2) is 12.8 Å². The van der Waals surface area contributed by atoms with Crippen LogP contribution in [-0.2, 0) is 10.0 Å². The zero-order chi connectivity index (χ0) is 20.9. The Kier molecular flexibility index (Phi) is 7.07. The molecule has 158 valence electrons. The van der Waals surface area contributed by atoms with Crippen molar-refractivity contribution in [3.8, 4) is 11.5 Å². The van der Waals surface area contributed by atoms with Gasteiger partial charge >= 0.3 is 0 Å². The van der Waals surface area contributed by atoms with Crippen LogP contribution in [-0.4, -0.2) is 75.3 Å². The maximum absolute atomic E-state index is 12.9. The van der Waals surface area contributed by atoms with E-state index in [1.165, 1.54) is 47.8 Å². The Balaban J connectivity index is 1.47. The topological polar surface area (TPSA) is 79.3 Å². The summed E-state index contributed by atoms with van der Waals surface area (Å²) in [5.74, 6) is 0.742. The van der Waals surface area contributed by atoms with Crippen LogP contribution in [0.25, 0.3) is 0 Å². The molecule has 1 heterocycles. The van der Waals surface area contributed by atoms with Crippen LogP contribution in [0, 0.1) is 5.82 Å². The molecule has 0 radical (unpaired) electrons. The predicted molar refractivity (Wildman–Crippen MR) is 106 cm³/mol. The molecule has 2 aromatic carbocycles. The van der Waals surface area contributed by atoms with E-state index < -0.39 is 16.1 Å². The summed E-state index contributed by atoms with van der Waals surface area (Å²) in [4.78, 5) is 2.23. The van der Waals surface area contributed by atoms with Crippen LogP contribution in [0.4, 0.5) is 4.39 Å². The molecule has 1 N–H and O–H groups in total. The lowest BCUT2D eigenvalue weighted by atomic mass is 10.3. The number of benzene rings is 2. The lowest BCUT2D eigenvalue weighted by Crippen LogP contribution is -2.50. The normalized spacial score (nSPS) is 17.1. The molecular weight excluding hydrogens is 399 g/mol. The molecule has 1 aliphatic heterocycles. The number of hydrogen-bond donors (Lipinski definition) is 1. The van der Waals surface area contributed by atoms with Gasteiger partial charge in [0.2, 0.25) is 10.0 Å². The number of aliphatic hydroxyl groups is 1. The molecule has 0 bridgehead atoms. The molecule has 29 heavy (non-hydrogen) atoms. The molecule has 0 spiro atoms. The van der Waals surface area contributed by atoms with E-state index in [1.54, 1.807) is 12.1 Å². The van der Waals surface area contributed by atoms with Crippen LogP contribution in [0.3, 0.4) is 0 Å². The Hall–Kier alpha value is -2.20. The third-order valence-electron chi connectivity index (χ3n) is 4.75. The first-order valence-corrected chi connectivity index (χ1v) is 10.8. The first-order valence-electron chi connectivity index (χ1n) is 9.31. The second-order valence-corrected chi connectivity index (χ2v) is 8.74. The number of halogens is 1. The van der Waals surface area contributed by atoms with Gasteiger partial charge in [0.05, 0.1) is 12.0 Å². The zero-order valence-corrected chi connectivity index (χ0v) is 17.0. The Morgan fingerprint density at radius 1 is 1.00 bits per heavy atom. The van der Waals surface area contributed by atoms with Gasteiger partial charge in [-0.3, -0.25) is 4.90 Å². The summed E-state index contributed by atoms with van der Waals surface area (Å²) < 4.78 is 50.4. The minimum Gasteiger partial charge on any atom is -0.497 e. The molecule has 2 aromatic rings. The van der Waals surface area contributed by atoms with Crippen molar-refractivity contribution in [1.29, 1.82) is 0 Å². The van der Waals surface area contributed by atoms with Gasteiger partial charge in [0.1, 0.15) is 30.0 Å². The second kappa shape index (κ2) is 9.53. The van der Waals surface area contributed by atoms with E-state index in [-0.39, 0.29) is 17.3 Å². The molecule has 0 amide bonds. The van der Waals surface area contributed by atoms with Crippen molar-refractivity contribution < 1.29 is 27.4 Å². The SMILES string of the molecule is COc1ccc(S(=O)(=O)N2CCN(C[C@H](O)COc3ccc(F)cc3)CC2)cc1. The Morgan fingerprint density at radius 2 is 1.59 bits per heavy atom. The molecule has 9 heteroatoms. The molecule has 1 fully saturated rings. The number of nitrogens with zero attached hydrogens (tertiary/aromatic N) is 2. The lowest BCUT2D eigenvalue weighted by Gasteiger charge is -2.34. The number of piperazine rings is 1. The maximum atomic E-state index is 12.9. The Labute approximate surface area is 170 Å². The van der Waals surface area contributed by atoms with Gasteiger partial charge in [-0.2, -0.15) is 4.31 Å². The van der Waals surface area contributed by atoms with Gasteiger partial charge in [0.25, 0.3) is 0 Å². The summed E-state index contributed by atoms with van der Waals surface area (Å²) in [6.45, 7) is 2.18. The molecule has 0 unspecified atom stereocenters. The molecular formula is C20H25FN2O5S. The second-order valence-electron chi connectivity index (χ2n) is 6.80. The van der Waals surface area contributed by atoms with Crippen molar-refractivity contribution in [1.82, 2.24) is 9.21 Å². The fourth-order valence-corrected chi connectivity index (χ4v) is 4.55. The number of rotatable bonds is 8. The quantitative estimate of drug-likeness (QED) is 0.693. The number of β-amino-alcohol motifs (C(OH)–C–C–N with tert-alkyl or cyclic N) is 1. The monoisotopic (exact) mass is 424 g/mol. The van der Waals surface area contributed by atoms with Crippen LogP contribution in [0.2, 0.25) is 0 Å². The molecule has 0 aromatic heterocycles. The molecule has 3 rings (SSSR count). The summed E-state index contributed by atoms with van der Waals surface area (Å²) in [5.41, 5.74) is 0. The van der Waals surface area contributed by atoms with E-state index in [0.29, 0.717) is 44.2 Å². The van der Waals surface area contributed by atoms with E-state index in [4.69, 9.17) is 9.47 Å². The standard InChI is InChI=1S/C20H25FN2O5S/c1-27-18-6-8-20(9-7-18)29(25,26)23-12-10-22(11-13-23)14-17(24)15-28-19-4-2-16(21)3-5-19/h2-9,17,24H,10-15H2,1H3/t17-/m0/s1. The van der Waals surface area contributed by atoms with Crippen molar-refractivity contribution in [2.24, 2.45) is 0 Å². The van der Waals surface area contributed by atoms with Gasteiger partial charge in [0, 0.05) is 32.7 Å². The summed E-state index contributed by atoms with van der Waals surface area (Å²) in [7, 11) is -2.03. The van der Waals surface area contributed by atoms with Crippen LogP contribution < -0.4 is 9.47 Å². The maximum Gasteiger partial charge on any atom is 0.243 e. The lowest BCUT2D eigenvalue weighted by molar-refractivity contribution is 0.0569. The average molecular weight is 424 g/mol. The number of aliphatic hydroxyl groups excluding tert-OH is 1. The minimum absolute atomic E-state index is 0.0794. The van der Waals surface area contributed by atoms with Crippen molar-refractivity contribution in [3.05, 3.63) is 54.3 Å². The predicted octanol–water partition coefficient (Wildman–Crippen LogP) is 1.58.